The molecule has 14 heavy (non-hydrogen) atoms. The van der Waals surface area contributed by atoms with Crippen molar-refractivity contribution < 1.29 is 9.53 Å². The average Bonchev–Trinajstić information content (AvgIpc) is 2.91. The van der Waals surface area contributed by atoms with Gasteiger partial charge in [0.25, 0.3) is 0 Å². The van der Waals surface area contributed by atoms with Crippen LogP contribution in [0.15, 0.2) is 0 Å². The van der Waals surface area contributed by atoms with Crippen molar-refractivity contribution in [1.29, 1.82) is 0 Å². The highest BCUT2D eigenvalue weighted by Gasteiger charge is 2.39. The monoisotopic (exact) mass is 196 g/mol. The zero-order chi connectivity index (χ0) is 10.2. The van der Waals surface area contributed by atoms with Crippen molar-refractivity contribution in [3.63, 3.8) is 0 Å². The molecule has 0 amide bonds. The van der Waals surface area contributed by atoms with Gasteiger partial charge in [0, 0.05) is 5.41 Å². The molecule has 0 spiro atoms. The Kier molecular flexibility index (Phi) is 2.54. The maximum absolute atomic E-state index is 11.5. The van der Waals surface area contributed by atoms with Crippen LogP contribution in [-0.2, 0) is 9.53 Å². The van der Waals surface area contributed by atoms with Gasteiger partial charge in [0.15, 0.2) is 0 Å². The lowest BCUT2D eigenvalue weighted by molar-refractivity contribution is -0.159. The zero-order valence-electron chi connectivity index (χ0n) is 9.21. The summed E-state index contributed by atoms with van der Waals surface area (Å²) in [5.41, 5.74) is 0.197. The first-order valence-corrected chi connectivity index (χ1v) is 5.80. The quantitative estimate of drug-likeness (QED) is 0.635. The van der Waals surface area contributed by atoms with Crippen molar-refractivity contribution in [2.24, 2.45) is 11.3 Å². The fraction of sp³-hybridized carbons (Fsp3) is 0.917. The minimum atomic E-state index is 0.0602. The van der Waals surface area contributed by atoms with E-state index in [2.05, 4.69) is 13.8 Å². The van der Waals surface area contributed by atoms with Gasteiger partial charge < -0.3 is 4.74 Å². The van der Waals surface area contributed by atoms with Gasteiger partial charge in [0.2, 0.25) is 0 Å². The summed E-state index contributed by atoms with van der Waals surface area (Å²) in [6.07, 6.45) is 7.01. The van der Waals surface area contributed by atoms with Crippen LogP contribution in [0, 0.1) is 11.3 Å². The smallest absolute Gasteiger partial charge is 0.309 e. The summed E-state index contributed by atoms with van der Waals surface area (Å²) in [4.78, 5) is 11.5. The largest absolute Gasteiger partial charge is 0.462 e. The molecule has 2 fully saturated rings. The Labute approximate surface area is 86.0 Å². The topological polar surface area (TPSA) is 26.3 Å². The molecule has 0 bridgehead atoms. The van der Waals surface area contributed by atoms with Gasteiger partial charge in [-0.2, -0.15) is 0 Å². The number of esters is 1. The third-order valence-corrected chi connectivity index (χ3v) is 3.58. The van der Waals surface area contributed by atoms with Crippen LogP contribution in [-0.4, -0.2) is 12.1 Å². The van der Waals surface area contributed by atoms with E-state index in [-0.39, 0.29) is 23.4 Å². The van der Waals surface area contributed by atoms with Crippen molar-refractivity contribution in [2.75, 3.05) is 0 Å². The second-order valence-corrected chi connectivity index (χ2v) is 5.43. The van der Waals surface area contributed by atoms with Crippen LogP contribution in [0.1, 0.15) is 52.4 Å². The fourth-order valence-electron chi connectivity index (χ4n) is 2.24. The number of ether oxygens (including phenoxy) is 1. The molecule has 0 aromatic heterocycles. The highest BCUT2D eigenvalue weighted by Crippen LogP contribution is 2.39. The number of hydrogen-bond donors (Lipinski definition) is 0. The summed E-state index contributed by atoms with van der Waals surface area (Å²) in [7, 11) is 0. The van der Waals surface area contributed by atoms with Crippen LogP contribution in [0.5, 0.6) is 0 Å². The molecular weight excluding hydrogens is 176 g/mol. The molecule has 2 aliphatic rings. The predicted octanol–water partition coefficient (Wildman–Crippen LogP) is 2.91. The minimum absolute atomic E-state index is 0.0602. The van der Waals surface area contributed by atoms with Crippen molar-refractivity contribution in [3.8, 4) is 0 Å². The highest BCUT2D eigenvalue weighted by atomic mass is 16.5. The van der Waals surface area contributed by atoms with Gasteiger partial charge >= 0.3 is 5.97 Å². The zero-order valence-corrected chi connectivity index (χ0v) is 9.21. The summed E-state index contributed by atoms with van der Waals surface area (Å²) in [5, 5.41) is 0. The van der Waals surface area contributed by atoms with E-state index in [1.807, 2.05) is 0 Å². The molecule has 2 aliphatic carbocycles. The van der Waals surface area contributed by atoms with E-state index in [4.69, 9.17) is 4.74 Å². The summed E-state index contributed by atoms with van der Waals surface area (Å²) in [6.45, 7) is 4.44. The fourth-order valence-corrected chi connectivity index (χ4v) is 2.24. The van der Waals surface area contributed by atoms with E-state index in [9.17, 15) is 4.79 Å². The summed E-state index contributed by atoms with van der Waals surface area (Å²) >= 11 is 0. The molecule has 0 aliphatic heterocycles. The molecule has 1 atom stereocenters. The molecule has 2 saturated carbocycles. The molecule has 1 unspecified atom stereocenters. The molecule has 0 N–H and O–H groups in total. The molecule has 0 radical (unpaired) electrons. The number of rotatable bonds is 2. The second-order valence-electron chi connectivity index (χ2n) is 5.43. The summed E-state index contributed by atoms with van der Waals surface area (Å²) in [6, 6.07) is 0. The lowest BCUT2D eigenvalue weighted by atomic mass is 9.75. The Morgan fingerprint density at radius 2 is 1.93 bits per heavy atom. The first kappa shape index (κ1) is 10.0. The third kappa shape index (κ3) is 2.10. The highest BCUT2D eigenvalue weighted by molar-refractivity contribution is 5.75. The van der Waals surface area contributed by atoms with E-state index in [1.54, 1.807) is 0 Å². The van der Waals surface area contributed by atoms with E-state index in [0.29, 0.717) is 0 Å². The van der Waals surface area contributed by atoms with Gasteiger partial charge in [-0.15, -0.1) is 0 Å². The molecule has 0 heterocycles. The van der Waals surface area contributed by atoms with Gasteiger partial charge in [-0.3, -0.25) is 4.79 Å². The first-order valence-electron chi connectivity index (χ1n) is 5.80. The number of hydrogen-bond acceptors (Lipinski definition) is 2. The normalized spacial score (nSPS) is 31.1. The van der Waals surface area contributed by atoms with Gasteiger partial charge in [0.05, 0.1) is 5.92 Å². The van der Waals surface area contributed by atoms with Crippen LogP contribution in [0.3, 0.4) is 0 Å². The minimum Gasteiger partial charge on any atom is -0.462 e. The molecule has 80 valence electrons. The maximum atomic E-state index is 11.5. The van der Waals surface area contributed by atoms with Gasteiger partial charge in [-0.25, -0.2) is 0 Å². The molecule has 2 rings (SSSR count). The Bertz CT molecular complexity index is 228. The average molecular weight is 196 g/mol. The predicted molar refractivity (Wildman–Crippen MR) is 54.9 cm³/mol. The van der Waals surface area contributed by atoms with Crippen molar-refractivity contribution >= 4 is 5.97 Å². The maximum Gasteiger partial charge on any atom is 0.309 e. The summed E-state index contributed by atoms with van der Waals surface area (Å²) in [5.74, 6) is 0.303. The Morgan fingerprint density at radius 1 is 1.21 bits per heavy atom. The van der Waals surface area contributed by atoms with Crippen LogP contribution in [0.4, 0.5) is 0 Å². The Morgan fingerprint density at radius 3 is 2.50 bits per heavy atom. The molecular formula is C12H20O2. The number of carbonyl (C=O) groups excluding carboxylic acids is 1. The molecule has 2 nitrogen and oxygen atoms in total. The molecule has 0 aromatic rings. The molecule has 0 saturated heterocycles. The van der Waals surface area contributed by atoms with Crippen LogP contribution < -0.4 is 0 Å². The standard InChI is InChI=1S/C12H20O2/c1-12(2)8-4-3-5-10(12)14-11(13)9-6-7-9/h9-10H,3-8H2,1-2H3. The Hall–Kier alpha value is -0.530. The lowest BCUT2D eigenvalue weighted by Crippen LogP contribution is -2.37. The SMILES string of the molecule is CC1(C)CCCCC1OC(=O)C1CC1. The molecule has 2 heteroatoms. The lowest BCUT2D eigenvalue weighted by Gasteiger charge is -2.37. The van der Waals surface area contributed by atoms with E-state index in [0.717, 1.165) is 19.3 Å². The van der Waals surface area contributed by atoms with E-state index >= 15 is 0 Å². The van der Waals surface area contributed by atoms with Gasteiger partial charge in [-0.05, 0) is 32.1 Å². The van der Waals surface area contributed by atoms with Crippen molar-refractivity contribution in [2.45, 2.75) is 58.5 Å². The first-order chi connectivity index (χ1) is 6.59. The van der Waals surface area contributed by atoms with E-state index < -0.39 is 0 Å². The van der Waals surface area contributed by atoms with Gasteiger partial charge in [-0.1, -0.05) is 20.3 Å². The third-order valence-electron chi connectivity index (χ3n) is 3.58. The van der Waals surface area contributed by atoms with Crippen molar-refractivity contribution in [1.82, 2.24) is 0 Å². The van der Waals surface area contributed by atoms with Crippen LogP contribution in [0.25, 0.3) is 0 Å². The summed E-state index contributed by atoms with van der Waals surface area (Å²) < 4.78 is 5.59. The van der Waals surface area contributed by atoms with E-state index in [1.165, 1.54) is 19.3 Å². The van der Waals surface area contributed by atoms with Crippen LogP contribution in [0.2, 0.25) is 0 Å². The second kappa shape index (κ2) is 3.56. The molecule has 0 aromatic carbocycles. The Balaban J connectivity index is 1.90. The van der Waals surface area contributed by atoms with Crippen molar-refractivity contribution in [3.05, 3.63) is 0 Å². The number of carbonyl (C=O) groups is 1. The van der Waals surface area contributed by atoms with Crippen LogP contribution >= 0.6 is 0 Å². The van der Waals surface area contributed by atoms with Gasteiger partial charge in [0.1, 0.15) is 6.10 Å².